The van der Waals surface area contributed by atoms with Crippen molar-refractivity contribution in [2.45, 2.75) is 26.2 Å². The van der Waals surface area contributed by atoms with Crippen LogP contribution in [0.4, 0.5) is 0 Å². The fourth-order valence-electron chi connectivity index (χ4n) is 2.24. The number of piperidine rings is 1. The van der Waals surface area contributed by atoms with E-state index in [-0.39, 0.29) is 0 Å². The first-order chi connectivity index (χ1) is 9.86. The monoisotopic (exact) mass is 298 g/mol. The van der Waals surface area contributed by atoms with Crippen molar-refractivity contribution in [3.8, 4) is 0 Å². The molecule has 1 saturated heterocycles. The lowest BCUT2D eigenvalue weighted by Gasteiger charge is -2.25. The Hall–Kier alpha value is -0.680. The molecule has 5 heteroatoms. The molecule has 1 aliphatic rings. The van der Waals surface area contributed by atoms with Crippen LogP contribution in [0.3, 0.4) is 0 Å². The number of nitrogens with zero attached hydrogens (tertiary/aromatic N) is 2. The predicted octanol–water partition coefficient (Wildman–Crippen LogP) is 1.95. The van der Waals surface area contributed by atoms with Crippen molar-refractivity contribution >= 4 is 17.7 Å². The second-order valence-electron chi connectivity index (χ2n) is 4.95. The number of likely N-dealkylation sites (tertiary alicyclic amines) is 1. The van der Waals surface area contributed by atoms with Gasteiger partial charge in [0.15, 0.2) is 5.96 Å². The summed E-state index contributed by atoms with van der Waals surface area (Å²) in [4.78, 5) is 7.17. The van der Waals surface area contributed by atoms with Crippen molar-refractivity contribution in [2.75, 3.05) is 50.8 Å². The molecular weight excluding hydrogens is 268 g/mol. The molecule has 1 fully saturated rings. The molecule has 1 rings (SSSR count). The van der Waals surface area contributed by atoms with E-state index in [1.54, 1.807) is 0 Å². The Balaban J connectivity index is 2.17. The molecule has 0 aromatic rings. The van der Waals surface area contributed by atoms with Crippen LogP contribution in [0.5, 0.6) is 0 Å². The van der Waals surface area contributed by atoms with Gasteiger partial charge in [-0.3, -0.25) is 4.99 Å². The minimum atomic E-state index is 0.884. The van der Waals surface area contributed by atoms with Gasteiger partial charge in [-0.05, 0) is 32.9 Å². The summed E-state index contributed by atoms with van der Waals surface area (Å²) in [7, 11) is 0. The highest BCUT2D eigenvalue weighted by molar-refractivity contribution is 7.99. The minimum Gasteiger partial charge on any atom is -0.357 e. The lowest BCUT2D eigenvalue weighted by Crippen LogP contribution is -2.39. The molecule has 2 N–H and O–H groups in total. The van der Waals surface area contributed by atoms with Crippen LogP contribution < -0.4 is 10.6 Å². The summed E-state index contributed by atoms with van der Waals surface area (Å²) in [5, 5.41) is 6.68. The first kappa shape index (κ1) is 17.4. The van der Waals surface area contributed by atoms with Crippen LogP contribution in [0.1, 0.15) is 26.2 Å². The smallest absolute Gasteiger partial charge is 0.191 e. The van der Waals surface area contributed by atoms with E-state index >= 15 is 0 Å². The Morgan fingerprint density at radius 2 is 2.10 bits per heavy atom. The predicted molar refractivity (Wildman–Crippen MR) is 91.8 cm³/mol. The minimum absolute atomic E-state index is 0.884. The number of aliphatic imine (C=N–C) groups is 1. The molecule has 0 amide bonds. The van der Waals surface area contributed by atoms with E-state index in [1.807, 2.05) is 17.8 Å². The molecule has 0 saturated carbocycles. The molecule has 0 aromatic carbocycles. The lowest BCUT2D eigenvalue weighted by molar-refractivity contribution is 0.235. The number of nitrogens with one attached hydrogen (secondary N) is 2. The Morgan fingerprint density at radius 1 is 1.30 bits per heavy atom. The van der Waals surface area contributed by atoms with Crippen molar-refractivity contribution < 1.29 is 0 Å². The second kappa shape index (κ2) is 12.1. The van der Waals surface area contributed by atoms with Gasteiger partial charge in [-0.25, -0.2) is 0 Å². The first-order valence-corrected chi connectivity index (χ1v) is 8.95. The number of thioether (sulfide) groups is 1. The highest BCUT2D eigenvalue weighted by atomic mass is 32.2. The van der Waals surface area contributed by atoms with E-state index in [9.17, 15) is 0 Å². The molecule has 116 valence electrons. The highest BCUT2D eigenvalue weighted by Gasteiger charge is 2.08. The Morgan fingerprint density at radius 3 is 2.80 bits per heavy atom. The van der Waals surface area contributed by atoms with E-state index in [1.165, 1.54) is 32.4 Å². The number of guanidine groups is 1. The summed E-state index contributed by atoms with van der Waals surface area (Å²) in [6, 6.07) is 0. The zero-order chi connectivity index (χ0) is 14.5. The van der Waals surface area contributed by atoms with Gasteiger partial charge < -0.3 is 15.5 Å². The van der Waals surface area contributed by atoms with E-state index in [4.69, 9.17) is 0 Å². The molecule has 0 radical (unpaired) electrons. The average molecular weight is 298 g/mol. The van der Waals surface area contributed by atoms with Gasteiger partial charge in [0.1, 0.15) is 0 Å². The Labute approximate surface area is 128 Å². The third-order valence-corrected chi connectivity index (χ3v) is 4.22. The van der Waals surface area contributed by atoms with Crippen molar-refractivity contribution in [3.63, 3.8) is 0 Å². The summed E-state index contributed by atoms with van der Waals surface area (Å²) >= 11 is 1.89. The third kappa shape index (κ3) is 8.48. The molecule has 0 bridgehead atoms. The van der Waals surface area contributed by atoms with Gasteiger partial charge >= 0.3 is 0 Å². The number of hydrogen-bond acceptors (Lipinski definition) is 3. The summed E-state index contributed by atoms with van der Waals surface area (Å²) in [6.45, 7) is 12.2. The molecule has 0 atom stereocenters. The normalized spacial score (nSPS) is 16.9. The summed E-state index contributed by atoms with van der Waals surface area (Å²) in [5.41, 5.74) is 0. The van der Waals surface area contributed by atoms with Crippen LogP contribution in [0.15, 0.2) is 17.6 Å². The standard InChI is InChI=1S/C15H30N4S/c1-3-13-20-14-9-18-15(16-4-2)17-8-12-19-10-6-5-7-11-19/h3H,1,4-14H2,2H3,(H2,16,17,18). The molecule has 0 aliphatic carbocycles. The highest BCUT2D eigenvalue weighted by Crippen LogP contribution is 2.07. The maximum Gasteiger partial charge on any atom is 0.191 e. The Kier molecular flexibility index (Phi) is 10.5. The van der Waals surface area contributed by atoms with Crippen LogP contribution in [-0.4, -0.2) is 61.6 Å². The third-order valence-electron chi connectivity index (χ3n) is 3.25. The summed E-state index contributed by atoms with van der Waals surface area (Å²) < 4.78 is 0. The van der Waals surface area contributed by atoms with Crippen molar-refractivity contribution in [1.29, 1.82) is 0 Å². The van der Waals surface area contributed by atoms with Gasteiger partial charge in [0.05, 0.1) is 6.54 Å². The SMILES string of the molecule is C=CCSCCNC(=NCCN1CCCCC1)NCC. The zero-order valence-corrected chi connectivity index (χ0v) is 13.7. The number of hydrogen-bond donors (Lipinski definition) is 2. The van der Waals surface area contributed by atoms with E-state index in [0.29, 0.717) is 0 Å². The molecule has 0 unspecified atom stereocenters. The maximum absolute atomic E-state index is 4.65. The Bertz CT molecular complexity index is 275. The molecular formula is C15H30N4S. The van der Waals surface area contributed by atoms with Gasteiger partial charge in [-0.15, -0.1) is 6.58 Å². The van der Waals surface area contributed by atoms with E-state index in [0.717, 1.165) is 43.6 Å². The van der Waals surface area contributed by atoms with Crippen LogP contribution in [0, 0.1) is 0 Å². The average Bonchev–Trinajstić information content (AvgIpc) is 2.48. The molecule has 1 aliphatic heterocycles. The fraction of sp³-hybridized carbons (Fsp3) is 0.800. The lowest BCUT2D eigenvalue weighted by atomic mass is 10.1. The van der Waals surface area contributed by atoms with Gasteiger partial charge in [0, 0.05) is 31.1 Å². The molecule has 0 spiro atoms. The quantitative estimate of drug-likeness (QED) is 0.295. The fourth-order valence-corrected chi connectivity index (χ4v) is 2.82. The van der Waals surface area contributed by atoms with Gasteiger partial charge in [-0.1, -0.05) is 12.5 Å². The maximum atomic E-state index is 4.65. The van der Waals surface area contributed by atoms with Crippen LogP contribution in [0.2, 0.25) is 0 Å². The molecule has 0 aromatic heterocycles. The van der Waals surface area contributed by atoms with Crippen molar-refractivity contribution in [2.24, 2.45) is 4.99 Å². The summed E-state index contributed by atoms with van der Waals surface area (Å²) in [5.74, 6) is 3.05. The first-order valence-electron chi connectivity index (χ1n) is 7.80. The second-order valence-corrected chi connectivity index (χ2v) is 6.10. The van der Waals surface area contributed by atoms with Crippen LogP contribution in [-0.2, 0) is 0 Å². The van der Waals surface area contributed by atoms with Crippen LogP contribution >= 0.6 is 11.8 Å². The zero-order valence-electron chi connectivity index (χ0n) is 12.9. The van der Waals surface area contributed by atoms with Gasteiger partial charge in [-0.2, -0.15) is 11.8 Å². The molecule has 1 heterocycles. The van der Waals surface area contributed by atoms with Gasteiger partial charge in [0.25, 0.3) is 0 Å². The largest absolute Gasteiger partial charge is 0.357 e. The summed E-state index contributed by atoms with van der Waals surface area (Å²) in [6.07, 6.45) is 6.04. The van der Waals surface area contributed by atoms with E-state index < -0.39 is 0 Å². The van der Waals surface area contributed by atoms with E-state index in [2.05, 4.69) is 34.0 Å². The van der Waals surface area contributed by atoms with Crippen molar-refractivity contribution in [1.82, 2.24) is 15.5 Å². The molecule has 20 heavy (non-hydrogen) atoms. The van der Waals surface area contributed by atoms with Crippen molar-refractivity contribution in [3.05, 3.63) is 12.7 Å². The molecule has 4 nitrogen and oxygen atoms in total. The number of rotatable bonds is 9. The van der Waals surface area contributed by atoms with Crippen LogP contribution in [0.25, 0.3) is 0 Å². The topological polar surface area (TPSA) is 39.7 Å². The van der Waals surface area contributed by atoms with Gasteiger partial charge in [0.2, 0.25) is 0 Å².